The molecule has 0 amide bonds. The molecule has 6 nitrogen and oxygen atoms in total. The highest BCUT2D eigenvalue weighted by molar-refractivity contribution is 9.10. The highest BCUT2D eigenvalue weighted by Crippen LogP contribution is 2.28. The summed E-state index contributed by atoms with van der Waals surface area (Å²) >= 11 is 3.13. The Bertz CT molecular complexity index is 712. The van der Waals surface area contributed by atoms with E-state index in [2.05, 4.69) is 31.0 Å². The van der Waals surface area contributed by atoms with E-state index < -0.39 is 10.0 Å². The van der Waals surface area contributed by atoms with Gasteiger partial charge in [0.25, 0.3) is 10.0 Å². The Labute approximate surface area is 125 Å². The summed E-state index contributed by atoms with van der Waals surface area (Å²) in [5.41, 5.74) is 1.04. The van der Waals surface area contributed by atoms with Crippen LogP contribution in [0, 0.1) is 6.92 Å². The van der Waals surface area contributed by atoms with Crippen molar-refractivity contribution < 1.29 is 12.8 Å². The quantitative estimate of drug-likeness (QED) is 0.855. The van der Waals surface area contributed by atoms with Crippen molar-refractivity contribution >= 4 is 31.6 Å². The third-order valence-electron chi connectivity index (χ3n) is 2.60. The Kier molecular flexibility index (Phi) is 4.46. The number of halogens is 1. The molecule has 0 saturated heterocycles. The van der Waals surface area contributed by atoms with E-state index in [1.807, 2.05) is 0 Å². The average molecular weight is 360 g/mol. The molecule has 2 heterocycles. The Hall–Kier alpha value is -1.38. The van der Waals surface area contributed by atoms with Gasteiger partial charge < -0.3 is 9.73 Å². The highest BCUT2D eigenvalue weighted by Gasteiger charge is 2.23. The number of nitrogens with one attached hydrogen (secondary N) is 2. The summed E-state index contributed by atoms with van der Waals surface area (Å²) in [5.74, 6) is 0.530. The van der Waals surface area contributed by atoms with Crippen LogP contribution in [0.1, 0.15) is 11.5 Å². The fraction of sp³-hybridized carbons (Fsp3) is 0.250. The fourth-order valence-corrected chi connectivity index (χ4v) is 3.75. The van der Waals surface area contributed by atoms with Gasteiger partial charge in [0, 0.05) is 12.3 Å². The number of furan rings is 1. The molecule has 0 saturated carbocycles. The van der Waals surface area contributed by atoms with E-state index in [1.165, 1.54) is 6.07 Å². The molecule has 108 valence electrons. The fourth-order valence-electron chi connectivity index (χ4n) is 1.63. The monoisotopic (exact) mass is 359 g/mol. The molecule has 0 aliphatic heterocycles. The first kappa shape index (κ1) is 15.0. The van der Waals surface area contributed by atoms with Crippen LogP contribution in [0.4, 0.5) is 5.69 Å². The van der Waals surface area contributed by atoms with Crippen LogP contribution in [-0.4, -0.2) is 20.4 Å². The van der Waals surface area contributed by atoms with Crippen LogP contribution in [0.25, 0.3) is 0 Å². The molecule has 0 aliphatic rings. The van der Waals surface area contributed by atoms with E-state index in [0.717, 1.165) is 0 Å². The van der Waals surface area contributed by atoms with Gasteiger partial charge in [0.05, 0.1) is 17.9 Å². The van der Waals surface area contributed by atoms with Gasteiger partial charge in [-0.15, -0.1) is 0 Å². The lowest BCUT2D eigenvalue weighted by atomic mass is 10.3. The number of hydrogen-bond acceptors (Lipinski definition) is 5. The number of anilines is 1. The minimum Gasteiger partial charge on any atom is -0.451 e. The van der Waals surface area contributed by atoms with Crippen molar-refractivity contribution in [2.75, 3.05) is 11.8 Å². The summed E-state index contributed by atoms with van der Waals surface area (Å²) in [5, 5.41) is 2.89. The van der Waals surface area contributed by atoms with Crippen LogP contribution in [0.2, 0.25) is 0 Å². The number of aromatic nitrogens is 1. The van der Waals surface area contributed by atoms with E-state index in [1.54, 1.807) is 32.3 Å². The lowest BCUT2D eigenvalue weighted by Crippen LogP contribution is -2.14. The molecule has 0 radical (unpaired) electrons. The molecule has 0 aliphatic carbocycles. The van der Waals surface area contributed by atoms with Gasteiger partial charge >= 0.3 is 0 Å². The summed E-state index contributed by atoms with van der Waals surface area (Å²) < 4.78 is 32.7. The molecular formula is C12H14BrN3O3S. The standard InChI is InChI=1S/C12H14BrN3O3S/c1-8-10(4-3-5-15-8)16-20(17,18)11-6-9(7-14-2)19-12(11)13/h3-6,14,16H,7H2,1-2H3. The molecule has 2 aromatic rings. The Morgan fingerprint density at radius 2 is 2.20 bits per heavy atom. The number of hydrogen-bond donors (Lipinski definition) is 2. The van der Waals surface area contributed by atoms with Crippen LogP contribution in [0.15, 0.2) is 38.4 Å². The zero-order chi connectivity index (χ0) is 14.8. The molecule has 0 atom stereocenters. The van der Waals surface area contributed by atoms with Gasteiger partial charge in [-0.25, -0.2) is 8.42 Å². The topological polar surface area (TPSA) is 84.2 Å². The number of pyridine rings is 1. The molecule has 0 unspecified atom stereocenters. The zero-order valence-electron chi connectivity index (χ0n) is 11.0. The van der Waals surface area contributed by atoms with Crippen molar-refractivity contribution in [2.24, 2.45) is 0 Å². The number of sulfonamides is 1. The first-order valence-electron chi connectivity index (χ1n) is 5.81. The van der Waals surface area contributed by atoms with E-state index >= 15 is 0 Å². The summed E-state index contributed by atoms with van der Waals surface area (Å²) in [4.78, 5) is 4.10. The molecule has 0 fully saturated rings. The van der Waals surface area contributed by atoms with Crippen molar-refractivity contribution in [2.45, 2.75) is 18.4 Å². The Morgan fingerprint density at radius 3 is 2.85 bits per heavy atom. The van der Waals surface area contributed by atoms with Crippen molar-refractivity contribution in [3.8, 4) is 0 Å². The second-order valence-corrected chi connectivity index (χ2v) is 6.49. The highest BCUT2D eigenvalue weighted by atomic mass is 79.9. The van der Waals surface area contributed by atoms with Crippen LogP contribution in [0.5, 0.6) is 0 Å². The van der Waals surface area contributed by atoms with Gasteiger partial charge in [0.1, 0.15) is 10.7 Å². The molecule has 2 aromatic heterocycles. The third-order valence-corrected chi connectivity index (χ3v) is 4.82. The number of nitrogens with zero attached hydrogens (tertiary/aromatic N) is 1. The van der Waals surface area contributed by atoms with Gasteiger partial charge in [-0.1, -0.05) is 0 Å². The molecular weight excluding hydrogens is 346 g/mol. The van der Waals surface area contributed by atoms with E-state index in [-0.39, 0.29) is 9.56 Å². The third kappa shape index (κ3) is 3.20. The van der Waals surface area contributed by atoms with Crippen LogP contribution in [0.3, 0.4) is 0 Å². The molecule has 20 heavy (non-hydrogen) atoms. The van der Waals surface area contributed by atoms with Crippen LogP contribution >= 0.6 is 15.9 Å². The van der Waals surface area contributed by atoms with Gasteiger partial charge in [-0.2, -0.15) is 0 Å². The molecule has 2 rings (SSSR count). The molecule has 0 aromatic carbocycles. The Balaban J connectivity index is 2.33. The minimum absolute atomic E-state index is 0.0611. The van der Waals surface area contributed by atoms with E-state index in [9.17, 15) is 8.42 Å². The van der Waals surface area contributed by atoms with E-state index in [4.69, 9.17) is 4.42 Å². The van der Waals surface area contributed by atoms with Crippen LogP contribution < -0.4 is 10.0 Å². The number of aryl methyl sites for hydroxylation is 1. The molecule has 2 N–H and O–H groups in total. The first-order valence-corrected chi connectivity index (χ1v) is 8.09. The maximum atomic E-state index is 12.3. The summed E-state index contributed by atoms with van der Waals surface area (Å²) in [6, 6.07) is 4.80. The van der Waals surface area contributed by atoms with Gasteiger partial charge in [-0.3, -0.25) is 9.71 Å². The van der Waals surface area contributed by atoms with Gasteiger partial charge in [0.15, 0.2) is 4.67 Å². The maximum absolute atomic E-state index is 12.3. The number of rotatable bonds is 5. The Morgan fingerprint density at radius 1 is 1.45 bits per heavy atom. The van der Waals surface area contributed by atoms with Gasteiger partial charge in [-0.05, 0) is 42.0 Å². The van der Waals surface area contributed by atoms with Crippen LogP contribution in [-0.2, 0) is 16.6 Å². The van der Waals surface area contributed by atoms with Crippen molar-refractivity contribution in [3.05, 3.63) is 40.5 Å². The summed E-state index contributed by atoms with van der Waals surface area (Å²) in [6.45, 7) is 2.18. The predicted octanol–water partition coefficient (Wildman–Crippen LogP) is 2.27. The molecule has 0 bridgehead atoms. The van der Waals surface area contributed by atoms with Crippen molar-refractivity contribution in [3.63, 3.8) is 0 Å². The average Bonchev–Trinajstić information content (AvgIpc) is 2.74. The minimum atomic E-state index is -3.72. The first-order chi connectivity index (χ1) is 9.44. The zero-order valence-corrected chi connectivity index (χ0v) is 13.4. The largest absolute Gasteiger partial charge is 0.451 e. The van der Waals surface area contributed by atoms with Gasteiger partial charge in [0.2, 0.25) is 0 Å². The second kappa shape index (κ2) is 5.94. The lowest BCUT2D eigenvalue weighted by Gasteiger charge is -2.08. The predicted molar refractivity (Wildman–Crippen MR) is 79.0 cm³/mol. The van der Waals surface area contributed by atoms with Crippen molar-refractivity contribution in [1.82, 2.24) is 10.3 Å². The summed E-state index contributed by atoms with van der Waals surface area (Å²) in [6.07, 6.45) is 1.60. The maximum Gasteiger partial charge on any atom is 0.266 e. The van der Waals surface area contributed by atoms with Crippen molar-refractivity contribution in [1.29, 1.82) is 0 Å². The summed E-state index contributed by atoms with van der Waals surface area (Å²) in [7, 11) is -1.97. The molecule has 8 heteroatoms. The lowest BCUT2D eigenvalue weighted by molar-refractivity contribution is 0.470. The SMILES string of the molecule is CNCc1cc(S(=O)(=O)Nc2cccnc2C)c(Br)o1. The molecule has 0 spiro atoms. The van der Waals surface area contributed by atoms with E-state index in [0.29, 0.717) is 23.7 Å². The second-order valence-electron chi connectivity index (χ2n) is 4.12. The normalized spacial score (nSPS) is 11.6. The smallest absolute Gasteiger partial charge is 0.266 e.